The van der Waals surface area contributed by atoms with E-state index < -0.39 is 0 Å². The Kier molecular flexibility index (Phi) is 4.02. The Morgan fingerprint density at radius 3 is 2.88 bits per heavy atom. The molecule has 1 aromatic rings. The Balaban J connectivity index is 2.37. The van der Waals surface area contributed by atoms with E-state index in [1.807, 2.05) is 18.2 Å². The van der Waals surface area contributed by atoms with Crippen molar-refractivity contribution in [3.8, 4) is 0 Å². The van der Waals surface area contributed by atoms with Crippen molar-refractivity contribution in [3.05, 3.63) is 52.0 Å². The lowest BCUT2D eigenvalue weighted by Gasteiger charge is -2.22. The highest BCUT2D eigenvalue weighted by Crippen LogP contribution is 2.34. The summed E-state index contributed by atoms with van der Waals surface area (Å²) in [6.07, 6.45) is 8.43. The molecular formula is C14H16BrNO. The Bertz CT molecular complexity index is 465. The maximum Gasteiger partial charge on any atom is 0.105 e. The summed E-state index contributed by atoms with van der Waals surface area (Å²) in [5.41, 5.74) is 9.11. The van der Waals surface area contributed by atoms with Crippen molar-refractivity contribution in [2.45, 2.75) is 18.9 Å². The molecule has 0 aliphatic heterocycles. The lowest BCUT2D eigenvalue weighted by molar-refractivity contribution is 0.130. The van der Waals surface area contributed by atoms with E-state index in [2.05, 4.69) is 34.2 Å². The van der Waals surface area contributed by atoms with E-state index in [0.717, 1.165) is 28.6 Å². The number of methoxy groups -OCH3 is 1. The number of rotatable bonds is 3. The minimum Gasteiger partial charge on any atom is -0.398 e. The SMILES string of the molecule is COC(C1=CC=CCC1)c1cc(Br)ccc1N. The minimum atomic E-state index is -0.0440. The summed E-state index contributed by atoms with van der Waals surface area (Å²) in [5, 5.41) is 0. The average molecular weight is 294 g/mol. The van der Waals surface area contributed by atoms with Crippen LogP contribution in [0.2, 0.25) is 0 Å². The summed E-state index contributed by atoms with van der Waals surface area (Å²) in [6, 6.07) is 5.88. The predicted octanol–water partition coefficient (Wildman–Crippen LogP) is 4.00. The van der Waals surface area contributed by atoms with Crippen LogP contribution in [0.3, 0.4) is 0 Å². The molecule has 0 amide bonds. The van der Waals surface area contributed by atoms with Crippen LogP contribution in [0.4, 0.5) is 5.69 Å². The molecule has 0 aromatic heterocycles. The van der Waals surface area contributed by atoms with Crippen LogP contribution in [0.5, 0.6) is 0 Å². The van der Waals surface area contributed by atoms with Crippen molar-refractivity contribution >= 4 is 21.6 Å². The number of nitrogens with two attached hydrogens (primary N) is 1. The number of hydrogen-bond donors (Lipinski definition) is 1. The molecular weight excluding hydrogens is 278 g/mol. The molecule has 0 saturated carbocycles. The fourth-order valence-electron chi connectivity index (χ4n) is 2.09. The van der Waals surface area contributed by atoms with E-state index in [1.165, 1.54) is 5.57 Å². The number of ether oxygens (including phenoxy) is 1. The highest BCUT2D eigenvalue weighted by Gasteiger charge is 2.19. The van der Waals surface area contributed by atoms with Crippen molar-refractivity contribution in [2.75, 3.05) is 12.8 Å². The molecule has 1 atom stereocenters. The van der Waals surface area contributed by atoms with Crippen LogP contribution in [0.15, 0.2) is 46.5 Å². The molecule has 0 saturated heterocycles. The quantitative estimate of drug-likeness (QED) is 0.855. The van der Waals surface area contributed by atoms with Gasteiger partial charge in [0, 0.05) is 22.8 Å². The average Bonchev–Trinajstić information content (AvgIpc) is 2.36. The summed E-state index contributed by atoms with van der Waals surface area (Å²) in [5.74, 6) is 0. The zero-order valence-corrected chi connectivity index (χ0v) is 11.4. The van der Waals surface area contributed by atoms with Gasteiger partial charge in [-0.05, 0) is 36.6 Å². The molecule has 0 fully saturated rings. The van der Waals surface area contributed by atoms with Gasteiger partial charge in [-0.25, -0.2) is 0 Å². The highest BCUT2D eigenvalue weighted by atomic mass is 79.9. The molecule has 1 unspecified atom stereocenters. The van der Waals surface area contributed by atoms with Gasteiger partial charge in [-0.15, -0.1) is 0 Å². The normalized spacial score (nSPS) is 16.7. The van der Waals surface area contributed by atoms with Gasteiger partial charge in [0.1, 0.15) is 6.10 Å². The number of allylic oxidation sites excluding steroid dienone is 3. The van der Waals surface area contributed by atoms with E-state index in [9.17, 15) is 0 Å². The molecule has 90 valence electrons. The zero-order valence-electron chi connectivity index (χ0n) is 9.82. The molecule has 0 bridgehead atoms. The Hall–Kier alpha value is -1.06. The number of benzene rings is 1. The van der Waals surface area contributed by atoms with E-state index in [1.54, 1.807) is 7.11 Å². The second kappa shape index (κ2) is 5.52. The fourth-order valence-corrected chi connectivity index (χ4v) is 2.47. The number of anilines is 1. The van der Waals surface area contributed by atoms with Crippen molar-refractivity contribution in [1.29, 1.82) is 0 Å². The van der Waals surface area contributed by atoms with Gasteiger partial charge < -0.3 is 10.5 Å². The molecule has 1 aromatic carbocycles. The van der Waals surface area contributed by atoms with E-state index >= 15 is 0 Å². The molecule has 0 heterocycles. The van der Waals surface area contributed by atoms with Crippen LogP contribution >= 0.6 is 15.9 Å². The van der Waals surface area contributed by atoms with Crippen LogP contribution in [0, 0.1) is 0 Å². The topological polar surface area (TPSA) is 35.2 Å². The first-order valence-corrected chi connectivity index (χ1v) is 6.45. The monoisotopic (exact) mass is 293 g/mol. The lowest BCUT2D eigenvalue weighted by Crippen LogP contribution is -2.09. The van der Waals surface area contributed by atoms with Crippen LogP contribution in [-0.4, -0.2) is 7.11 Å². The smallest absolute Gasteiger partial charge is 0.105 e. The van der Waals surface area contributed by atoms with Crippen molar-refractivity contribution in [2.24, 2.45) is 0 Å². The van der Waals surface area contributed by atoms with Gasteiger partial charge in [0.05, 0.1) is 0 Å². The zero-order chi connectivity index (χ0) is 12.3. The van der Waals surface area contributed by atoms with Gasteiger partial charge in [0.25, 0.3) is 0 Å². The third kappa shape index (κ3) is 2.79. The molecule has 1 aliphatic carbocycles. The number of nitrogen functional groups attached to an aromatic ring is 1. The highest BCUT2D eigenvalue weighted by molar-refractivity contribution is 9.10. The van der Waals surface area contributed by atoms with Crippen LogP contribution in [0.1, 0.15) is 24.5 Å². The third-order valence-corrected chi connectivity index (χ3v) is 3.44. The number of hydrogen-bond acceptors (Lipinski definition) is 2. The fraction of sp³-hybridized carbons (Fsp3) is 0.286. The van der Waals surface area contributed by atoms with Gasteiger partial charge in [0.15, 0.2) is 0 Å². The standard InChI is InChI=1S/C14H16BrNO/c1-17-14(10-5-3-2-4-6-10)12-9-11(15)7-8-13(12)16/h2-3,5,7-9,14H,4,6,16H2,1H3. The largest absolute Gasteiger partial charge is 0.398 e. The molecule has 2 rings (SSSR count). The van der Waals surface area contributed by atoms with Gasteiger partial charge in [0.2, 0.25) is 0 Å². The van der Waals surface area contributed by atoms with Gasteiger partial charge in [-0.3, -0.25) is 0 Å². The second-order valence-electron chi connectivity index (χ2n) is 4.10. The van der Waals surface area contributed by atoms with E-state index in [4.69, 9.17) is 10.5 Å². The first-order valence-electron chi connectivity index (χ1n) is 5.65. The Morgan fingerprint density at radius 1 is 1.41 bits per heavy atom. The first-order chi connectivity index (χ1) is 8.22. The van der Waals surface area contributed by atoms with Crippen LogP contribution < -0.4 is 5.73 Å². The van der Waals surface area contributed by atoms with Crippen molar-refractivity contribution in [3.63, 3.8) is 0 Å². The van der Waals surface area contributed by atoms with E-state index in [0.29, 0.717) is 0 Å². The Labute approximate surface area is 110 Å². The van der Waals surface area contributed by atoms with Crippen LogP contribution in [-0.2, 0) is 4.74 Å². The molecule has 2 nitrogen and oxygen atoms in total. The molecule has 0 radical (unpaired) electrons. The first kappa shape index (κ1) is 12.4. The van der Waals surface area contributed by atoms with Gasteiger partial charge in [-0.2, -0.15) is 0 Å². The maximum absolute atomic E-state index is 6.03. The third-order valence-electron chi connectivity index (χ3n) is 2.95. The molecule has 0 spiro atoms. The summed E-state index contributed by atoms with van der Waals surface area (Å²) >= 11 is 3.47. The Morgan fingerprint density at radius 2 is 2.24 bits per heavy atom. The molecule has 2 N–H and O–H groups in total. The van der Waals surface area contributed by atoms with Gasteiger partial charge >= 0.3 is 0 Å². The second-order valence-corrected chi connectivity index (χ2v) is 5.01. The predicted molar refractivity (Wildman–Crippen MR) is 74.8 cm³/mol. The van der Waals surface area contributed by atoms with Gasteiger partial charge in [-0.1, -0.05) is 34.2 Å². The van der Waals surface area contributed by atoms with Crippen molar-refractivity contribution < 1.29 is 4.74 Å². The molecule has 1 aliphatic rings. The summed E-state index contributed by atoms with van der Waals surface area (Å²) in [4.78, 5) is 0. The van der Waals surface area contributed by atoms with Crippen molar-refractivity contribution in [1.82, 2.24) is 0 Å². The molecule has 3 heteroatoms. The maximum atomic E-state index is 6.03. The number of halogens is 1. The van der Waals surface area contributed by atoms with E-state index in [-0.39, 0.29) is 6.10 Å². The minimum absolute atomic E-state index is 0.0440. The summed E-state index contributed by atoms with van der Waals surface area (Å²) < 4.78 is 6.63. The summed E-state index contributed by atoms with van der Waals surface area (Å²) in [6.45, 7) is 0. The lowest BCUT2D eigenvalue weighted by atomic mass is 9.94. The molecule has 17 heavy (non-hydrogen) atoms. The summed E-state index contributed by atoms with van der Waals surface area (Å²) in [7, 11) is 1.73. The van der Waals surface area contributed by atoms with Crippen LogP contribution in [0.25, 0.3) is 0 Å².